The molecule has 170 valence electrons. The highest BCUT2D eigenvalue weighted by atomic mass is 16.5. The number of carboxylic acid groups (broad SMARTS) is 1. The van der Waals surface area contributed by atoms with E-state index in [1.54, 1.807) is 31.2 Å². The van der Waals surface area contributed by atoms with Crippen molar-refractivity contribution in [2.75, 3.05) is 37.7 Å². The van der Waals surface area contributed by atoms with Crippen LogP contribution in [0, 0.1) is 5.92 Å². The summed E-state index contributed by atoms with van der Waals surface area (Å²) in [5.74, 6) is -1.02. The second-order valence-electron chi connectivity index (χ2n) is 7.89. The number of rotatable bonds is 9. The maximum atomic E-state index is 13.2. The minimum atomic E-state index is -1.13. The van der Waals surface area contributed by atoms with Crippen LogP contribution < -0.4 is 20.3 Å². The Hall–Kier alpha value is -2.65. The van der Waals surface area contributed by atoms with E-state index in [1.807, 2.05) is 0 Å². The molecule has 0 aliphatic carbocycles. The molecule has 3 rings (SSSR count). The third kappa shape index (κ3) is 6.18. The Labute approximate surface area is 182 Å². The molecule has 1 aromatic rings. The fourth-order valence-corrected chi connectivity index (χ4v) is 4.10. The van der Waals surface area contributed by atoms with E-state index in [0.717, 1.165) is 32.4 Å². The van der Waals surface area contributed by atoms with Gasteiger partial charge in [-0.3, -0.25) is 24.6 Å². The summed E-state index contributed by atoms with van der Waals surface area (Å²) >= 11 is 0. The molecule has 0 aromatic heterocycles. The van der Waals surface area contributed by atoms with Gasteiger partial charge in [0.05, 0.1) is 12.3 Å². The Balaban J connectivity index is 1.74. The van der Waals surface area contributed by atoms with Crippen LogP contribution in [-0.2, 0) is 19.1 Å². The number of hydrogen-bond donors (Lipinski definition) is 3. The van der Waals surface area contributed by atoms with Gasteiger partial charge in [0.25, 0.3) is 0 Å². The van der Waals surface area contributed by atoms with Crippen molar-refractivity contribution in [2.45, 2.75) is 44.7 Å². The molecular formula is C22H31N3O6. The normalized spacial score (nSPS) is 20.4. The maximum absolute atomic E-state index is 13.2. The summed E-state index contributed by atoms with van der Waals surface area (Å²) in [7, 11) is 0. The van der Waals surface area contributed by atoms with E-state index in [-0.39, 0.29) is 13.2 Å². The summed E-state index contributed by atoms with van der Waals surface area (Å²) in [4.78, 5) is 38.4. The Bertz CT molecular complexity index is 780. The predicted molar refractivity (Wildman–Crippen MR) is 114 cm³/mol. The number of carboxylic acids is 1. The van der Waals surface area contributed by atoms with Gasteiger partial charge in [0.15, 0.2) is 0 Å². The lowest BCUT2D eigenvalue weighted by atomic mass is 9.91. The summed E-state index contributed by atoms with van der Waals surface area (Å²) in [6.45, 7) is 3.44. The van der Waals surface area contributed by atoms with Gasteiger partial charge in [-0.15, -0.1) is 0 Å². The van der Waals surface area contributed by atoms with Crippen LogP contribution in [0.4, 0.5) is 5.69 Å². The van der Waals surface area contributed by atoms with Gasteiger partial charge in [-0.25, -0.2) is 0 Å². The lowest BCUT2D eigenvalue weighted by molar-refractivity contribution is -0.146. The number of nitrogens with one attached hydrogen (secondary N) is 2. The van der Waals surface area contributed by atoms with Crippen molar-refractivity contribution in [1.82, 2.24) is 10.6 Å². The smallest absolute Gasteiger partial charge is 0.323 e. The number of para-hydroxylation sites is 2. The maximum Gasteiger partial charge on any atom is 0.323 e. The average Bonchev–Trinajstić information content (AvgIpc) is 2.89. The van der Waals surface area contributed by atoms with Crippen molar-refractivity contribution in [3.05, 3.63) is 24.3 Å². The van der Waals surface area contributed by atoms with Crippen molar-refractivity contribution in [3.63, 3.8) is 0 Å². The molecule has 2 heterocycles. The number of ether oxygens (including phenoxy) is 2. The first-order valence-electron chi connectivity index (χ1n) is 10.9. The molecule has 1 amide bonds. The molecule has 1 unspecified atom stereocenters. The van der Waals surface area contributed by atoms with Gasteiger partial charge in [0, 0.05) is 0 Å². The number of amides is 1. The molecule has 0 bridgehead atoms. The predicted octanol–water partition coefficient (Wildman–Crippen LogP) is 1.17. The Morgan fingerprint density at radius 2 is 2.06 bits per heavy atom. The zero-order valence-electron chi connectivity index (χ0n) is 17.8. The van der Waals surface area contributed by atoms with Gasteiger partial charge < -0.3 is 19.9 Å². The van der Waals surface area contributed by atoms with Crippen LogP contribution >= 0.6 is 0 Å². The zero-order chi connectivity index (χ0) is 22.2. The van der Waals surface area contributed by atoms with E-state index < -0.39 is 36.5 Å². The Kier molecular flexibility index (Phi) is 8.25. The first-order valence-corrected chi connectivity index (χ1v) is 10.9. The third-order valence-electron chi connectivity index (χ3n) is 5.71. The summed E-state index contributed by atoms with van der Waals surface area (Å²) in [6, 6.07) is 5.29. The van der Waals surface area contributed by atoms with Crippen LogP contribution in [0.1, 0.15) is 32.6 Å². The fourth-order valence-electron chi connectivity index (χ4n) is 4.10. The van der Waals surface area contributed by atoms with Gasteiger partial charge in [-0.05, 0) is 63.7 Å². The SMILES string of the molecule is CCOC(=O)C(CCC1CCNCC1)N[C@H]1COc2ccccc2N(CC(=O)O)C1=O. The van der Waals surface area contributed by atoms with Crippen molar-refractivity contribution < 1.29 is 29.0 Å². The molecule has 9 heteroatoms. The molecular weight excluding hydrogens is 402 g/mol. The van der Waals surface area contributed by atoms with Crippen molar-refractivity contribution >= 4 is 23.5 Å². The number of hydrogen-bond acceptors (Lipinski definition) is 7. The van der Waals surface area contributed by atoms with E-state index in [2.05, 4.69) is 10.6 Å². The van der Waals surface area contributed by atoms with Gasteiger partial charge in [0.2, 0.25) is 5.91 Å². The van der Waals surface area contributed by atoms with E-state index in [4.69, 9.17) is 9.47 Å². The first-order chi connectivity index (χ1) is 15.0. The highest BCUT2D eigenvalue weighted by Crippen LogP contribution is 2.31. The molecule has 2 atom stereocenters. The van der Waals surface area contributed by atoms with Crippen LogP contribution in [-0.4, -0.2) is 67.9 Å². The number of nitrogens with zero attached hydrogens (tertiary/aromatic N) is 1. The molecule has 1 aromatic carbocycles. The summed E-state index contributed by atoms with van der Waals surface area (Å²) < 4.78 is 11.0. The average molecular weight is 434 g/mol. The molecule has 2 aliphatic heterocycles. The second-order valence-corrected chi connectivity index (χ2v) is 7.89. The summed E-state index contributed by atoms with van der Waals surface area (Å²) in [6.07, 6.45) is 3.50. The van der Waals surface area contributed by atoms with E-state index in [9.17, 15) is 19.5 Å². The topological polar surface area (TPSA) is 117 Å². The van der Waals surface area contributed by atoms with Crippen molar-refractivity contribution in [1.29, 1.82) is 0 Å². The van der Waals surface area contributed by atoms with E-state index in [1.165, 1.54) is 4.90 Å². The minimum Gasteiger partial charge on any atom is -0.489 e. The lowest BCUT2D eigenvalue weighted by Gasteiger charge is -2.28. The van der Waals surface area contributed by atoms with Crippen molar-refractivity contribution in [3.8, 4) is 5.75 Å². The summed E-state index contributed by atoms with van der Waals surface area (Å²) in [5, 5.41) is 15.8. The molecule has 31 heavy (non-hydrogen) atoms. The molecule has 2 aliphatic rings. The molecule has 0 saturated carbocycles. The number of anilines is 1. The van der Waals surface area contributed by atoms with Crippen LogP contribution in [0.25, 0.3) is 0 Å². The number of esters is 1. The number of benzene rings is 1. The molecule has 0 spiro atoms. The van der Waals surface area contributed by atoms with Crippen LogP contribution in [0.2, 0.25) is 0 Å². The van der Waals surface area contributed by atoms with Gasteiger partial charge >= 0.3 is 11.9 Å². The van der Waals surface area contributed by atoms with Crippen molar-refractivity contribution in [2.24, 2.45) is 5.92 Å². The minimum absolute atomic E-state index is 0.00474. The first kappa shape index (κ1) is 23.0. The molecule has 0 radical (unpaired) electrons. The lowest BCUT2D eigenvalue weighted by Crippen LogP contribution is -2.55. The number of carbonyl (C=O) groups excluding carboxylic acids is 2. The second kappa shape index (κ2) is 11.1. The highest BCUT2D eigenvalue weighted by Gasteiger charge is 2.35. The standard InChI is InChI=1S/C22H31N3O6/c1-2-30-22(29)16(8-7-15-9-11-23-12-10-15)24-17-14-31-19-6-4-3-5-18(19)25(21(17)28)13-20(26)27/h3-6,15-17,23-24H,2,7-14H2,1H3,(H,26,27)/t16?,17-/m0/s1. The number of aliphatic carboxylic acids is 1. The number of carbonyl (C=O) groups is 3. The summed E-state index contributed by atoms with van der Waals surface area (Å²) in [5.41, 5.74) is 0.404. The van der Waals surface area contributed by atoms with Crippen LogP contribution in [0.3, 0.4) is 0 Å². The van der Waals surface area contributed by atoms with Gasteiger partial charge in [0.1, 0.15) is 31.0 Å². The monoisotopic (exact) mass is 433 g/mol. The van der Waals surface area contributed by atoms with E-state index in [0.29, 0.717) is 23.8 Å². The van der Waals surface area contributed by atoms with Crippen LogP contribution in [0.5, 0.6) is 5.75 Å². The molecule has 1 saturated heterocycles. The zero-order valence-corrected chi connectivity index (χ0v) is 17.8. The number of piperidine rings is 1. The largest absolute Gasteiger partial charge is 0.489 e. The van der Waals surface area contributed by atoms with Gasteiger partial charge in [-0.2, -0.15) is 0 Å². The molecule has 3 N–H and O–H groups in total. The Morgan fingerprint density at radius 1 is 1.32 bits per heavy atom. The molecule has 1 fully saturated rings. The highest BCUT2D eigenvalue weighted by molar-refractivity contribution is 6.02. The van der Waals surface area contributed by atoms with Crippen LogP contribution in [0.15, 0.2) is 24.3 Å². The third-order valence-corrected chi connectivity index (χ3v) is 5.71. The van der Waals surface area contributed by atoms with Gasteiger partial charge in [-0.1, -0.05) is 12.1 Å². The Morgan fingerprint density at radius 3 is 2.77 bits per heavy atom. The van der Waals surface area contributed by atoms with E-state index >= 15 is 0 Å². The molecule has 9 nitrogen and oxygen atoms in total. The quantitative estimate of drug-likeness (QED) is 0.497. The number of fused-ring (bicyclic) bond motifs is 1. The fraction of sp³-hybridized carbons (Fsp3) is 0.591.